The molecule has 0 bridgehead atoms. The topological polar surface area (TPSA) is 70.9 Å². The van der Waals surface area contributed by atoms with Crippen molar-refractivity contribution in [1.29, 1.82) is 0 Å². The number of fused-ring (bicyclic) bond motifs is 1. The Morgan fingerprint density at radius 3 is 2.71 bits per heavy atom. The summed E-state index contributed by atoms with van der Waals surface area (Å²) in [4.78, 5) is 12.0. The molecular formula is C16H20N2O3. The van der Waals surface area contributed by atoms with E-state index >= 15 is 0 Å². The first kappa shape index (κ1) is 13.9. The molecule has 112 valence electrons. The maximum absolute atomic E-state index is 12.0. The van der Waals surface area contributed by atoms with Crippen LogP contribution in [0.2, 0.25) is 0 Å². The predicted octanol–water partition coefficient (Wildman–Crippen LogP) is 2.29. The molecule has 0 radical (unpaired) electrons. The summed E-state index contributed by atoms with van der Waals surface area (Å²) in [7, 11) is 1.50. The lowest BCUT2D eigenvalue weighted by molar-refractivity contribution is -0.122. The number of carbonyl (C=O) groups excluding carboxylic acids is 1. The van der Waals surface area contributed by atoms with Gasteiger partial charge in [0.15, 0.2) is 11.5 Å². The van der Waals surface area contributed by atoms with Crippen molar-refractivity contribution in [3.63, 3.8) is 0 Å². The Labute approximate surface area is 124 Å². The van der Waals surface area contributed by atoms with Gasteiger partial charge in [-0.25, -0.2) is 5.43 Å². The monoisotopic (exact) mass is 288 g/mol. The molecule has 2 saturated carbocycles. The molecule has 2 aliphatic rings. The number of benzene rings is 1. The van der Waals surface area contributed by atoms with E-state index in [0.29, 0.717) is 23.1 Å². The van der Waals surface area contributed by atoms with Gasteiger partial charge in [0.25, 0.3) is 0 Å². The molecule has 0 spiro atoms. The minimum atomic E-state index is 0.0286. The molecule has 1 aromatic rings. The van der Waals surface area contributed by atoms with Gasteiger partial charge in [-0.1, -0.05) is 12.8 Å². The largest absolute Gasteiger partial charge is 0.504 e. The van der Waals surface area contributed by atoms with E-state index in [9.17, 15) is 9.90 Å². The van der Waals surface area contributed by atoms with Gasteiger partial charge in [-0.2, -0.15) is 5.10 Å². The first-order chi connectivity index (χ1) is 10.2. The molecule has 21 heavy (non-hydrogen) atoms. The molecule has 2 atom stereocenters. The molecule has 0 heterocycles. The van der Waals surface area contributed by atoms with Crippen LogP contribution in [0.15, 0.2) is 23.3 Å². The fourth-order valence-corrected chi connectivity index (χ4v) is 3.41. The fourth-order valence-electron chi connectivity index (χ4n) is 3.41. The van der Waals surface area contributed by atoms with Crippen molar-refractivity contribution in [2.75, 3.05) is 7.11 Å². The Morgan fingerprint density at radius 2 is 2.10 bits per heavy atom. The van der Waals surface area contributed by atoms with Crippen molar-refractivity contribution in [1.82, 2.24) is 5.43 Å². The number of carbonyl (C=O) groups is 1. The Balaban J connectivity index is 1.55. The van der Waals surface area contributed by atoms with Gasteiger partial charge in [0.1, 0.15) is 0 Å². The molecule has 0 saturated heterocycles. The average Bonchev–Trinajstić information content (AvgIpc) is 3.22. The van der Waals surface area contributed by atoms with Crippen LogP contribution < -0.4 is 10.2 Å². The van der Waals surface area contributed by atoms with E-state index in [-0.39, 0.29) is 17.6 Å². The highest BCUT2D eigenvalue weighted by Crippen LogP contribution is 2.55. The lowest BCUT2D eigenvalue weighted by Gasteiger charge is -2.04. The van der Waals surface area contributed by atoms with Gasteiger partial charge in [-0.3, -0.25) is 4.79 Å². The van der Waals surface area contributed by atoms with E-state index in [2.05, 4.69) is 10.5 Å². The van der Waals surface area contributed by atoms with Crippen LogP contribution in [0.4, 0.5) is 0 Å². The first-order valence-electron chi connectivity index (χ1n) is 7.40. The third kappa shape index (κ3) is 2.86. The summed E-state index contributed by atoms with van der Waals surface area (Å²) < 4.78 is 4.97. The maximum Gasteiger partial charge on any atom is 0.243 e. The van der Waals surface area contributed by atoms with E-state index < -0.39 is 0 Å². The molecule has 5 heteroatoms. The van der Waals surface area contributed by atoms with Crippen LogP contribution in [-0.2, 0) is 4.79 Å². The Morgan fingerprint density at radius 1 is 1.38 bits per heavy atom. The molecule has 2 fully saturated rings. The second kappa shape index (κ2) is 5.76. The number of methoxy groups -OCH3 is 1. The summed E-state index contributed by atoms with van der Waals surface area (Å²) in [5, 5.41) is 13.6. The zero-order chi connectivity index (χ0) is 14.8. The average molecular weight is 288 g/mol. The van der Waals surface area contributed by atoms with Crippen LogP contribution in [-0.4, -0.2) is 24.3 Å². The number of hydrazone groups is 1. The molecule has 2 N–H and O–H groups in total. The molecule has 1 aromatic carbocycles. The molecule has 3 rings (SSSR count). The minimum Gasteiger partial charge on any atom is -0.504 e. The summed E-state index contributed by atoms with van der Waals surface area (Å²) >= 11 is 0. The summed E-state index contributed by atoms with van der Waals surface area (Å²) in [5.74, 6) is 1.83. The first-order valence-corrected chi connectivity index (χ1v) is 7.40. The van der Waals surface area contributed by atoms with Crippen molar-refractivity contribution in [3.8, 4) is 11.5 Å². The predicted molar refractivity (Wildman–Crippen MR) is 79.3 cm³/mol. The number of amides is 1. The van der Waals surface area contributed by atoms with Crippen LogP contribution in [0.25, 0.3) is 0 Å². The molecule has 2 aliphatic carbocycles. The smallest absolute Gasteiger partial charge is 0.243 e. The third-order valence-electron chi connectivity index (χ3n) is 4.55. The number of hydrogen-bond acceptors (Lipinski definition) is 4. The van der Waals surface area contributed by atoms with Crippen LogP contribution >= 0.6 is 0 Å². The molecule has 0 aliphatic heterocycles. The lowest BCUT2D eigenvalue weighted by Crippen LogP contribution is -2.20. The van der Waals surface area contributed by atoms with E-state index in [1.165, 1.54) is 39.0 Å². The zero-order valence-electron chi connectivity index (χ0n) is 12.1. The van der Waals surface area contributed by atoms with Crippen molar-refractivity contribution in [2.24, 2.45) is 22.9 Å². The summed E-state index contributed by atoms with van der Waals surface area (Å²) in [6.07, 6.45) is 6.39. The number of rotatable bonds is 4. The summed E-state index contributed by atoms with van der Waals surface area (Å²) in [5.41, 5.74) is 3.33. The van der Waals surface area contributed by atoms with Crippen LogP contribution in [0, 0.1) is 17.8 Å². The van der Waals surface area contributed by atoms with Crippen LogP contribution in [0.1, 0.15) is 31.2 Å². The van der Waals surface area contributed by atoms with Crippen LogP contribution in [0.3, 0.4) is 0 Å². The SMILES string of the molecule is COc1ccc(/C=N/NC(=O)C2C3CCCCC32)cc1O. The van der Waals surface area contributed by atoms with Gasteiger partial charge in [-0.05, 0) is 48.4 Å². The normalized spacial score (nSPS) is 27.2. The molecule has 1 amide bonds. The van der Waals surface area contributed by atoms with Crippen molar-refractivity contribution >= 4 is 12.1 Å². The maximum atomic E-state index is 12.0. The van der Waals surface area contributed by atoms with Crippen molar-refractivity contribution < 1.29 is 14.6 Å². The van der Waals surface area contributed by atoms with Gasteiger partial charge in [0, 0.05) is 5.92 Å². The van der Waals surface area contributed by atoms with Gasteiger partial charge in [0.05, 0.1) is 13.3 Å². The highest BCUT2D eigenvalue weighted by molar-refractivity contribution is 5.85. The second-order valence-corrected chi connectivity index (χ2v) is 5.80. The van der Waals surface area contributed by atoms with Crippen molar-refractivity contribution in [2.45, 2.75) is 25.7 Å². The van der Waals surface area contributed by atoms with Gasteiger partial charge in [-0.15, -0.1) is 0 Å². The highest BCUT2D eigenvalue weighted by Gasteiger charge is 2.54. The Hall–Kier alpha value is -2.04. The molecule has 5 nitrogen and oxygen atoms in total. The standard InChI is InChI=1S/C16H20N2O3/c1-21-14-7-6-10(8-13(14)19)9-17-18-16(20)15-11-4-2-3-5-12(11)15/h6-9,11-12,15,19H,2-5H2,1H3,(H,18,20)/b17-9+. The van der Waals surface area contributed by atoms with Crippen LogP contribution in [0.5, 0.6) is 11.5 Å². The second-order valence-electron chi connectivity index (χ2n) is 5.80. The molecule has 2 unspecified atom stereocenters. The molecule has 0 aromatic heterocycles. The quantitative estimate of drug-likeness (QED) is 0.659. The highest BCUT2D eigenvalue weighted by atomic mass is 16.5. The van der Waals surface area contributed by atoms with Gasteiger partial charge >= 0.3 is 0 Å². The van der Waals surface area contributed by atoms with E-state index in [1.54, 1.807) is 18.2 Å². The zero-order valence-corrected chi connectivity index (χ0v) is 12.1. The van der Waals surface area contributed by atoms with Crippen molar-refractivity contribution in [3.05, 3.63) is 23.8 Å². The number of nitrogens with zero attached hydrogens (tertiary/aromatic N) is 1. The number of phenolic OH excluding ortho intramolecular Hbond substituents is 1. The van der Waals surface area contributed by atoms with E-state index in [0.717, 1.165) is 0 Å². The van der Waals surface area contributed by atoms with E-state index in [1.807, 2.05) is 0 Å². The van der Waals surface area contributed by atoms with Gasteiger partial charge < -0.3 is 9.84 Å². The number of aromatic hydroxyl groups is 1. The minimum absolute atomic E-state index is 0.0286. The summed E-state index contributed by atoms with van der Waals surface area (Å²) in [6.45, 7) is 0. The fraction of sp³-hybridized carbons (Fsp3) is 0.500. The number of phenols is 1. The molecular weight excluding hydrogens is 268 g/mol. The van der Waals surface area contributed by atoms with Gasteiger partial charge in [0.2, 0.25) is 5.91 Å². The Bertz CT molecular complexity index is 559. The summed E-state index contributed by atoms with van der Waals surface area (Å²) in [6, 6.07) is 4.98. The Kier molecular flexibility index (Phi) is 3.82. The third-order valence-corrected chi connectivity index (χ3v) is 4.55. The number of hydrogen-bond donors (Lipinski definition) is 2. The number of nitrogens with one attached hydrogen (secondary N) is 1. The lowest BCUT2D eigenvalue weighted by atomic mass is 10.0. The van der Waals surface area contributed by atoms with E-state index in [4.69, 9.17) is 4.74 Å². The number of ether oxygens (including phenoxy) is 1.